The molecule has 1 rings (SSSR count). The minimum absolute atomic E-state index is 0.0548. The molecule has 0 heterocycles. The lowest BCUT2D eigenvalue weighted by atomic mass is 9.95. The van der Waals surface area contributed by atoms with E-state index in [1.807, 2.05) is 27.7 Å². The maximum atomic E-state index is 11.9. The lowest BCUT2D eigenvalue weighted by Crippen LogP contribution is -2.27. The molecule has 0 aliphatic rings. The Bertz CT molecular complexity index is 410. The van der Waals surface area contributed by atoms with Gasteiger partial charge in [-0.1, -0.05) is 32.4 Å². The zero-order valence-corrected chi connectivity index (χ0v) is 11.4. The summed E-state index contributed by atoms with van der Waals surface area (Å²) in [6.45, 7) is 7.99. The summed E-state index contributed by atoms with van der Waals surface area (Å²) in [7, 11) is 0. The molecule has 0 fully saturated rings. The van der Waals surface area contributed by atoms with Crippen LogP contribution in [0.5, 0.6) is 5.75 Å². The van der Waals surface area contributed by atoms with Gasteiger partial charge in [0.25, 0.3) is 0 Å². The van der Waals surface area contributed by atoms with E-state index in [2.05, 4.69) is 5.32 Å². The fraction of sp³-hybridized carbons (Fsp3) is 0.462. The highest BCUT2D eigenvalue weighted by Gasteiger charge is 2.22. The number of nitrogens with one attached hydrogen (secondary N) is 1. The van der Waals surface area contributed by atoms with Gasteiger partial charge in [0.1, 0.15) is 5.75 Å². The first-order chi connectivity index (χ1) is 7.84. The molecule has 1 aromatic rings. The van der Waals surface area contributed by atoms with Crippen LogP contribution in [0.25, 0.3) is 0 Å². The largest absolute Gasteiger partial charge is 0.492 e. The number of anilines is 1. The van der Waals surface area contributed by atoms with E-state index in [-0.39, 0.29) is 5.91 Å². The molecule has 0 unspecified atom stereocenters. The summed E-state index contributed by atoms with van der Waals surface area (Å²) in [5.41, 5.74) is 0.208. The van der Waals surface area contributed by atoms with Crippen molar-refractivity contribution in [3.63, 3.8) is 0 Å². The van der Waals surface area contributed by atoms with Gasteiger partial charge in [0.05, 0.1) is 12.3 Å². The van der Waals surface area contributed by atoms with E-state index in [1.165, 1.54) is 0 Å². The molecular weight excluding hydrogens is 238 g/mol. The van der Waals surface area contributed by atoms with Crippen molar-refractivity contribution in [1.29, 1.82) is 0 Å². The topological polar surface area (TPSA) is 38.3 Å². The SMILES string of the molecule is CCOc1cc(Cl)ccc1NC(=O)C(C)(C)C. The van der Waals surface area contributed by atoms with Crippen molar-refractivity contribution in [2.75, 3.05) is 11.9 Å². The Morgan fingerprint density at radius 2 is 2.06 bits per heavy atom. The Morgan fingerprint density at radius 3 is 2.59 bits per heavy atom. The standard InChI is InChI=1S/C13H18ClNO2/c1-5-17-11-8-9(14)6-7-10(11)15-12(16)13(2,3)4/h6-8H,5H2,1-4H3,(H,15,16). The number of hydrogen-bond donors (Lipinski definition) is 1. The van der Waals surface area contributed by atoms with E-state index in [0.717, 1.165) is 0 Å². The second-order valence-corrected chi connectivity index (χ2v) is 5.21. The Morgan fingerprint density at radius 1 is 1.41 bits per heavy atom. The van der Waals surface area contributed by atoms with Crippen LogP contribution in [-0.4, -0.2) is 12.5 Å². The molecule has 0 radical (unpaired) electrons. The molecule has 3 nitrogen and oxygen atoms in total. The average molecular weight is 256 g/mol. The van der Waals surface area contributed by atoms with Gasteiger partial charge < -0.3 is 10.1 Å². The minimum Gasteiger partial charge on any atom is -0.492 e. The molecule has 0 aliphatic carbocycles. The molecule has 0 aromatic heterocycles. The molecule has 94 valence electrons. The van der Waals surface area contributed by atoms with Gasteiger partial charge in [0.15, 0.2) is 0 Å². The van der Waals surface area contributed by atoms with Crippen molar-refractivity contribution in [1.82, 2.24) is 0 Å². The quantitative estimate of drug-likeness (QED) is 0.894. The number of carbonyl (C=O) groups is 1. The van der Waals surface area contributed by atoms with Crippen LogP contribution in [0.4, 0.5) is 5.69 Å². The van der Waals surface area contributed by atoms with Gasteiger partial charge in [0, 0.05) is 16.5 Å². The van der Waals surface area contributed by atoms with Crippen LogP contribution in [0.1, 0.15) is 27.7 Å². The van der Waals surface area contributed by atoms with E-state index < -0.39 is 5.41 Å². The van der Waals surface area contributed by atoms with Gasteiger partial charge in [-0.3, -0.25) is 4.79 Å². The zero-order valence-electron chi connectivity index (χ0n) is 10.6. The summed E-state index contributed by atoms with van der Waals surface area (Å²) in [6.07, 6.45) is 0. The molecule has 17 heavy (non-hydrogen) atoms. The van der Waals surface area contributed by atoms with Crippen LogP contribution in [0.2, 0.25) is 5.02 Å². The Hall–Kier alpha value is -1.22. The highest BCUT2D eigenvalue weighted by molar-refractivity contribution is 6.30. The third-order valence-corrected chi connectivity index (χ3v) is 2.41. The van der Waals surface area contributed by atoms with Crippen LogP contribution in [0.3, 0.4) is 0 Å². The van der Waals surface area contributed by atoms with E-state index in [4.69, 9.17) is 16.3 Å². The maximum absolute atomic E-state index is 11.9. The smallest absolute Gasteiger partial charge is 0.229 e. The lowest BCUT2D eigenvalue weighted by molar-refractivity contribution is -0.123. The predicted molar refractivity (Wildman–Crippen MR) is 70.7 cm³/mol. The zero-order chi connectivity index (χ0) is 13.1. The fourth-order valence-corrected chi connectivity index (χ4v) is 1.35. The number of benzene rings is 1. The first-order valence-electron chi connectivity index (χ1n) is 5.58. The first-order valence-corrected chi connectivity index (χ1v) is 5.96. The summed E-state index contributed by atoms with van der Waals surface area (Å²) in [5.74, 6) is 0.540. The van der Waals surface area contributed by atoms with Gasteiger partial charge in [-0.25, -0.2) is 0 Å². The van der Waals surface area contributed by atoms with Crippen molar-refractivity contribution in [3.05, 3.63) is 23.2 Å². The first kappa shape index (κ1) is 13.8. The van der Waals surface area contributed by atoms with E-state index in [0.29, 0.717) is 23.1 Å². The number of amides is 1. The molecule has 0 bridgehead atoms. The summed E-state index contributed by atoms with van der Waals surface area (Å²) < 4.78 is 5.43. The third-order valence-electron chi connectivity index (χ3n) is 2.17. The molecule has 0 spiro atoms. The fourth-order valence-electron chi connectivity index (χ4n) is 1.18. The van der Waals surface area contributed by atoms with Crippen molar-refractivity contribution in [3.8, 4) is 5.75 Å². The average Bonchev–Trinajstić information content (AvgIpc) is 2.21. The van der Waals surface area contributed by atoms with Crippen LogP contribution in [-0.2, 0) is 4.79 Å². The summed E-state index contributed by atoms with van der Waals surface area (Å²) in [6, 6.07) is 5.17. The van der Waals surface area contributed by atoms with Crippen LogP contribution < -0.4 is 10.1 Å². The normalized spacial score (nSPS) is 11.1. The lowest BCUT2D eigenvalue weighted by Gasteiger charge is -2.19. The molecule has 1 N–H and O–H groups in total. The second-order valence-electron chi connectivity index (χ2n) is 4.78. The van der Waals surface area contributed by atoms with E-state index in [9.17, 15) is 4.79 Å². The summed E-state index contributed by atoms with van der Waals surface area (Å²) in [4.78, 5) is 11.9. The van der Waals surface area contributed by atoms with E-state index in [1.54, 1.807) is 18.2 Å². The number of rotatable bonds is 3. The maximum Gasteiger partial charge on any atom is 0.229 e. The van der Waals surface area contributed by atoms with E-state index >= 15 is 0 Å². The van der Waals surface area contributed by atoms with Gasteiger partial charge in [0.2, 0.25) is 5.91 Å². The van der Waals surface area contributed by atoms with Gasteiger partial charge in [-0.05, 0) is 19.1 Å². The highest BCUT2D eigenvalue weighted by Crippen LogP contribution is 2.29. The molecule has 0 aliphatic heterocycles. The van der Waals surface area contributed by atoms with Crippen LogP contribution >= 0.6 is 11.6 Å². The molecule has 0 saturated carbocycles. The number of carbonyl (C=O) groups excluding carboxylic acids is 1. The second kappa shape index (κ2) is 5.41. The van der Waals surface area contributed by atoms with Crippen molar-refractivity contribution < 1.29 is 9.53 Å². The van der Waals surface area contributed by atoms with Crippen molar-refractivity contribution in [2.24, 2.45) is 5.41 Å². The molecular formula is C13H18ClNO2. The van der Waals surface area contributed by atoms with Gasteiger partial charge >= 0.3 is 0 Å². The summed E-state index contributed by atoms with van der Waals surface area (Å²) in [5, 5.41) is 3.43. The predicted octanol–water partition coefficient (Wildman–Crippen LogP) is 3.72. The minimum atomic E-state index is -0.441. The molecule has 1 amide bonds. The van der Waals surface area contributed by atoms with Crippen molar-refractivity contribution in [2.45, 2.75) is 27.7 Å². The number of hydrogen-bond acceptors (Lipinski definition) is 2. The van der Waals surface area contributed by atoms with Gasteiger partial charge in [-0.15, -0.1) is 0 Å². The highest BCUT2D eigenvalue weighted by atomic mass is 35.5. The molecule has 0 atom stereocenters. The Labute approximate surface area is 107 Å². The Balaban J connectivity index is 2.94. The summed E-state index contributed by atoms with van der Waals surface area (Å²) >= 11 is 5.89. The third kappa shape index (κ3) is 3.93. The number of ether oxygens (including phenoxy) is 1. The van der Waals surface area contributed by atoms with Crippen molar-refractivity contribution >= 4 is 23.2 Å². The number of halogens is 1. The molecule has 4 heteroatoms. The monoisotopic (exact) mass is 255 g/mol. The van der Waals surface area contributed by atoms with Gasteiger partial charge in [-0.2, -0.15) is 0 Å². The van der Waals surface area contributed by atoms with Crippen LogP contribution in [0.15, 0.2) is 18.2 Å². The van der Waals surface area contributed by atoms with Crippen LogP contribution in [0, 0.1) is 5.41 Å². The Kier molecular flexibility index (Phi) is 4.40. The molecule has 1 aromatic carbocycles. The molecule has 0 saturated heterocycles.